The third-order valence-electron chi connectivity index (χ3n) is 4.08. The van der Waals surface area contributed by atoms with Gasteiger partial charge in [0.15, 0.2) is 5.96 Å². The van der Waals surface area contributed by atoms with Gasteiger partial charge in [0.2, 0.25) is 0 Å². The molecule has 0 amide bonds. The molecule has 0 fully saturated rings. The van der Waals surface area contributed by atoms with Crippen LogP contribution in [-0.4, -0.2) is 36.3 Å². The molecule has 0 aromatic carbocycles. The Kier molecular flexibility index (Phi) is 7.36. The molecule has 1 rings (SSSR count). The molecule has 0 atom stereocenters. The van der Waals surface area contributed by atoms with Crippen molar-refractivity contribution in [3.63, 3.8) is 0 Å². The molecule has 0 bridgehead atoms. The fourth-order valence-electron chi connectivity index (χ4n) is 2.10. The highest BCUT2D eigenvalue weighted by Crippen LogP contribution is 2.26. The molecule has 0 saturated heterocycles. The average Bonchev–Trinajstić information content (AvgIpc) is 3.05. The normalized spacial score (nSPS) is 13.3. The topological polar surface area (TPSA) is 56.7 Å². The van der Waals surface area contributed by atoms with E-state index in [2.05, 4.69) is 47.0 Å². The van der Waals surface area contributed by atoms with Gasteiger partial charge in [-0.3, -0.25) is 4.99 Å². The molecular formula is C17H31N3OS. The Morgan fingerprint density at radius 3 is 2.41 bits per heavy atom. The lowest BCUT2D eigenvalue weighted by Crippen LogP contribution is -2.44. The molecule has 5 heteroatoms. The van der Waals surface area contributed by atoms with E-state index < -0.39 is 5.60 Å². The Morgan fingerprint density at radius 1 is 1.23 bits per heavy atom. The Hall–Kier alpha value is -1.07. The molecule has 3 N–H and O–H groups in total. The van der Waals surface area contributed by atoms with Crippen LogP contribution in [0, 0.1) is 0 Å². The number of hydrogen-bond donors (Lipinski definition) is 3. The summed E-state index contributed by atoms with van der Waals surface area (Å²) >= 11 is 1.78. The predicted octanol–water partition coefficient (Wildman–Crippen LogP) is 3.13. The summed E-state index contributed by atoms with van der Waals surface area (Å²) in [6.45, 7) is 12.5. The van der Waals surface area contributed by atoms with Gasteiger partial charge >= 0.3 is 0 Å². The Morgan fingerprint density at radius 2 is 1.91 bits per heavy atom. The molecule has 0 saturated carbocycles. The van der Waals surface area contributed by atoms with Crippen LogP contribution in [0.3, 0.4) is 0 Å². The summed E-state index contributed by atoms with van der Waals surface area (Å²) in [5.74, 6) is 0.771. The standard InChI is InChI=1S/C17H31N3OS/c1-6-17(21,7-2)13-20-15(18-8-3)19-12-16(4,5)14-10-9-11-22-14/h9-11,21H,6-8,12-13H2,1-5H3,(H2,18,19,20). The largest absolute Gasteiger partial charge is 0.388 e. The summed E-state index contributed by atoms with van der Waals surface area (Å²) in [5.41, 5.74) is -0.651. The molecule has 1 heterocycles. The third kappa shape index (κ3) is 5.61. The monoisotopic (exact) mass is 325 g/mol. The van der Waals surface area contributed by atoms with Gasteiger partial charge in [-0.1, -0.05) is 33.8 Å². The quantitative estimate of drug-likeness (QED) is 0.508. The minimum absolute atomic E-state index is 0.0518. The van der Waals surface area contributed by atoms with Crippen molar-refractivity contribution in [3.05, 3.63) is 22.4 Å². The lowest BCUT2D eigenvalue weighted by molar-refractivity contribution is 0.0418. The van der Waals surface area contributed by atoms with Crippen molar-refractivity contribution in [2.75, 3.05) is 19.6 Å². The van der Waals surface area contributed by atoms with E-state index in [0.29, 0.717) is 19.4 Å². The zero-order valence-electron chi connectivity index (χ0n) is 14.6. The minimum atomic E-state index is -0.703. The SMILES string of the molecule is CCNC(=NCC(O)(CC)CC)NCC(C)(C)c1cccs1. The number of nitrogens with one attached hydrogen (secondary N) is 2. The van der Waals surface area contributed by atoms with Crippen molar-refractivity contribution >= 4 is 17.3 Å². The number of nitrogens with zero attached hydrogens (tertiary/aromatic N) is 1. The van der Waals surface area contributed by atoms with Crippen molar-refractivity contribution < 1.29 is 5.11 Å². The van der Waals surface area contributed by atoms with Gasteiger partial charge < -0.3 is 15.7 Å². The molecule has 1 aromatic heterocycles. The van der Waals surface area contributed by atoms with Gasteiger partial charge in [0, 0.05) is 23.4 Å². The van der Waals surface area contributed by atoms with Gasteiger partial charge in [0.05, 0.1) is 12.1 Å². The maximum Gasteiger partial charge on any atom is 0.191 e. The maximum atomic E-state index is 10.4. The minimum Gasteiger partial charge on any atom is -0.388 e. The van der Waals surface area contributed by atoms with Crippen molar-refractivity contribution in [2.24, 2.45) is 4.99 Å². The molecule has 0 aliphatic rings. The predicted molar refractivity (Wildman–Crippen MR) is 96.9 cm³/mol. The first-order chi connectivity index (χ1) is 10.4. The number of aliphatic hydroxyl groups is 1. The zero-order chi connectivity index (χ0) is 16.6. The summed E-state index contributed by atoms with van der Waals surface area (Å²) in [5, 5.41) is 19.1. The second-order valence-corrected chi connectivity index (χ2v) is 7.29. The van der Waals surface area contributed by atoms with Crippen molar-refractivity contribution in [2.45, 2.75) is 58.5 Å². The highest BCUT2D eigenvalue weighted by Gasteiger charge is 2.23. The summed E-state index contributed by atoms with van der Waals surface area (Å²) in [6.07, 6.45) is 1.43. The lowest BCUT2D eigenvalue weighted by Gasteiger charge is -2.26. The molecule has 1 aromatic rings. The Bertz CT molecular complexity index is 450. The van der Waals surface area contributed by atoms with Crippen molar-refractivity contribution in [1.29, 1.82) is 0 Å². The second-order valence-electron chi connectivity index (χ2n) is 6.34. The zero-order valence-corrected chi connectivity index (χ0v) is 15.4. The van der Waals surface area contributed by atoms with Gasteiger partial charge in [-0.05, 0) is 31.2 Å². The van der Waals surface area contributed by atoms with E-state index in [-0.39, 0.29) is 5.41 Å². The Balaban J connectivity index is 2.68. The van der Waals surface area contributed by atoms with Crippen LogP contribution in [0.4, 0.5) is 0 Å². The van der Waals surface area contributed by atoms with Crippen LogP contribution in [0.2, 0.25) is 0 Å². The first kappa shape index (κ1) is 19.0. The van der Waals surface area contributed by atoms with E-state index >= 15 is 0 Å². The molecule has 0 unspecified atom stereocenters. The molecule has 0 aliphatic carbocycles. The Labute approximate surface area is 139 Å². The van der Waals surface area contributed by atoms with Crippen LogP contribution in [0.1, 0.15) is 52.3 Å². The molecule has 0 spiro atoms. The molecule has 4 nitrogen and oxygen atoms in total. The van der Waals surface area contributed by atoms with Crippen molar-refractivity contribution in [1.82, 2.24) is 10.6 Å². The number of aliphatic imine (C=N–C) groups is 1. The van der Waals surface area contributed by atoms with Gasteiger partial charge in [0.1, 0.15) is 0 Å². The van der Waals surface area contributed by atoms with E-state index in [9.17, 15) is 5.11 Å². The summed E-state index contributed by atoms with van der Waals surface area (Å²) in [4.78, 5) is 5.92. The van der Waals surface area contributed by atoms with Gasteiger partial charge in [-0.15, -0.1) is 11.3 Å². The van der Waals surface area contributed by atoms with E-state index in [4.69, 9.17) is 0 Å². The van der Waals surface area contributed by atoms with Crippen LogP contribution in [0.5, 0.6) is 0 Å². The van der Waals surface area contributed by atoms with Crippen LogP contribution in [0.15, 0.2) is 22.5 Å². The molecule has 0 aliphatic heterocycles. The van der Waals surface area contributed by atoms with E-state index in [1.807, 2.05) is 20.8 Å². The van der Waals surface area contributed by atoms with Crippen LogP contribution < -0.4 is 10.6 Å². The van der Waals surface area contributed by atoms with Gasteiger partial charge in [-0.25, -0.2) is 0 Å². The number of hydrogen-bond acceptors (Lipinski definition) is 3. The highest BCUT2D eigenvalue weighted by atomic mass is 32.1. The summed E-state index contributed by atoms with van der Waals surface area (Å²) in [6, 6.07) is 4.26. The average molecular weight is 326 g/mol. The van der Waals surface area contributed by atoms with Crippen LogP contribution in [0.25, 0.3) is 0 Å². The molecule has 22 heavy (non-hydrogen) atoms. The highest BCUT2D eigenvalue weighted by molar-refractivity contribution is 7.10. The van der Waals surface area contributed by atoms with Crippen LogP contribution >= 0.6 is 11.3 Å². The maximum absolute atomic E-state index is 10.4. The fraction of sp³-hybridized carbons (Fsp3) is 0.706. The molecule has 0 radical (unpaired) electrons. The number of guanidine groups is 1. The smallest absolute Gasteiger partial charge is 0.191 e. The third-order valence-corrected chi connectivity index (χ3v) is 5.31. The first-order valence-corrected chi connectivity index (χ1v) is 9.03. The molecule has 126 valence electrons. The summed E-state index contributed by atoms with van der Waals surface area (Å²) < 4.78 is 0. The van der Waals surface area contributed by atoms with Crippen LogP contribution in [-0.2, 0) is 5.41 Å². The summed E-state index contributed by atoms with van der Waals surface area (Å²) in [7, 11) is 0. The van der Waals surface area contributed by atoms with Gasteiger partial charge in [-0.2, -0.15) is 0 Å². The van der Waals surface area contributed by atoms with E-state index in [1.165, 1.54) is 4.88 Å². The van der Waals surface area contributed by atoms with Gasteiger partial charge in [0.25, 0.3) is 0 Å². The molecular weight excluding hydrogens is 294 g/mol. The van der Waals surface area contributed by atoms with Crippen molar-refractivity contribution in [3.8, 4) is 0 Å². The number of thiophene rings is 1. The lowest BCUT2D eigenvalue weighted by atomic mass is 9.91. The van der Waals surface area contributed by atoms with E-state index in [1.54, 1.807) is 11.3 Å². The second kappa shape index (κ2) is 8.53. The van der Waals surface area contributed by atoms with E-state index in [0.717, 1.165) is 19.0 Å². The fourth-order valence-corrected chi connectivity index (χ4v) is 2.95. The first-order valence-electron chi connectivity index (χ1n) is 8.15. The number of rotatable bonds is 8.